The number of carbonyl (C=O) groups is 1. The van der Waals surface area contributed by atoms with Crippen molar-refractivity contribution in [3.63, 3.8) is 0 Å². The number of rotatable bonds is 6. The Morgan fingerprint density at radius 3 is 3.00 bits per heavy atom. The van der Waals surface area contributed by atoms with Crippen molar-refractivity contribution in [1.29, 1.82) is 0 Å². The summed E-state index contributed by atoms with van der Waals surface area (Å²) in [5, 5.41) is 3.96. The minimum absolute atomic E-state index is 0.0283. The van der Waals surface area contributed by atoms with E-state index in [1.165, 1.54) is 0 Å². The van der Waals surface area contributed by atoms with E-state index in [0.29, 0.717) is 28.1 Å². The summed E-state index contributed by atoms with van der Waals surface area (Å²) >= 11 is 7.73. The molecule has 1 heterocycles. The Kier molecular flexibility index (Phi) is 5.36. The number of thioether (sulfide) groups is 1. The van der Waals surface area contributed by atoms with E-state index in [9.17, 15) is 4.79 Å². The molecule has 2 rings (SSSR count). The van der Waals surface area contributed by atoms with Gasteiger partial charge in [-0.15, -0.1) is 0 Å². The molecule has 4 nitrogen and oxygen atoms in total. The first-order valence-electron chi connectivity index (χ1n) is 6.19. The minimum Gasteiger partial charge on any atom is -0.397 e. The number of hydrogen-bond acceptors (Lipinski definition) is 4. The Bertz CT molecular complexity index is 452. The molecule has 0 aromatic heterocycles. The van der Waals surface area contributed by atoms with E-state index >= 15 is 0 Å². The fourth-order valence-corrected chi connectivity index (χ4v) is 2.84. The van der Waals surface area contributed by atoms with Crippen molar-refractivity contribution < 1.29 is 9.53 Å². The fraction of sp³-hybridized carbons (Fsp3) is 0.462. The van der Waals surface area contributed by atoms with Gasteiger partial charge in [0.05, 0.1) is 29.8 Å². The van der Waals surface area contributed by atoms with Crippen LogP contribution < -0.4 is 11.1 Å². The number of benzene rings is 1. The van der Waals surface area contributed by atoms with E-state index in [-0.39, 0.29) is 5.91 Å². The number of anilines is 2. The fourth-order valence-electron chi connectivity index (χ4n) is 1.64. The lowest BCUT2D eigenvalue weighted by molar-refractivity contribution is -0.116. The highest BCUT2D eigenvalue weighted by atomic mass is 35.5. The van der Waals surface area contributed by atoms with Crippen LogP contribution in [0.25, 0.3) is 0 Å². The summed E-state index contributed by atoms with van der Waals surface area (Å²) in [5.41, 5.74) is 6.87. The predicted molar refractivity (Wildman–Crippen MR) is 80.8 cm³/mol. The molecule has 19 heavy (non-hydrogen) atoms. The van der Waals surface area contributed by atoms with Crippen LogP contribution in [0.3, 0.4) is 0 Å². The monoisotopic (exact) mass is 300 g/mol. The molecule has 0 unspecified atom stereocenters. The highest BCUT2D eigenvalue weighted by Crippen LogP contribution is 2.23. The Morgan fingerprint density at radius 1 is 1.53 bits per heavy atom. The molecule has 1 amide bonds. The maximum atomic E-state index is 11.8. The topological polar surface area (TPSA) is 64.3 Å². The van der Waals surface area contributed by atoms with Crippen LogP contribution >= 0.6 is 23.4 Å². The van der Waals surface area contributed by atoms with Crippen LogP contribution in [0, 0.1) is 0 Å². The lowest BCUT2D eigenvalue weighted by atomic mass is 10.2. The summed E-state index contributed by atoms with van der Waals surface area (Å²) < 4.78 is 5.09. The molecule has 0 spiro atoms. The molecule has 0 bridgehead atoms. The molecule has 1 aliphatic heterocycles. The molecule has 1 aromatic carbocycles. The molecule has 1 fully saturated rings. The molecule has 0 atom stereocenters. The quantitative estimate of drug-likeness (QED) is 0.626. The normalized spacial score (nSPS) is 15.0. The largest absolute Gasteiger partial charge is 0.397 e. The highest BCUT2D eigenvalue weighted by molar-refractivity contribution is 8.00. The predicted octanol–water partition coefficient (Wildman–Crippen LogP) is 2.77. The molecule has 1 aliphatic rings. The van der Waals surface area contributed by atoms with Crippen molar-refractivity contribution in [1.82, 2.24) is 0 Å². The van der Waals surface area contributed by atoms with Crippen LogP contribution in [-0.2, 0) is 9.53 Å². The minimum atomic E-state index is -0.0283. The maximum absolute atomic E-state index is 11.8. The first-order chi connectivity index (χ1) is 9.15. The number of hydrogen-bond donors (Lipinski definition) is 2. The summed E-state index contributed by atoms with van der Waals surface area (Å²) in [7, 11) is 0. The van der Waals surface area contributed by atoms with Gasteiger partial charge in [0.15, 0.2) is 0 Å². The summed E-state index contributed by atoms with van der Waals surface area (Å²) in [4.78, 5) is 11.8. The van der Waals surface area contributed by atoms with E-state index < -0.39 is 0 Å². The van der Waals surface area contributed by atoms with Crippen molar-refractivity contribution in [2.24, 2.45) is 0 Å². The van der Waals surface area contributed by atoms with E-state index in [1.54, 1.807) is 18.2 Å². The Morgan fingerprint density at radius 2 is 2.32 bits per heavy atom. The van der Waals surface area contributed by atoms with Crippen molar-refractivity contribution in [2.75, 3.05) is 30.0 Å². The molecular weight excluding hydrogens is 284 g/mol. The third-order valence-electron chi connectivity index (χ3n) is 2.80. The molecule has 0 saturated carbocycles. The van der Waals surface area contributed by atoms with Crippen LogP contribution in [0.4, 0.5) is 11.4 Å². The van der Waals surface area contributed by atoms with Gasteiger partial charge in [-0.1, -0.05) is 11.6 Å². The number of nitrogens with two attached hydrogens (primary N) is 1. The Hall–Kier alpha value is -0.910. The second-order valence-electron chi connectivity index (χ2n) is 4.41. The van der Waals surface area contributed by atoms with Gasteiger partial charge in [0.2, 0.25) is 5.91 Å². The van der Waals surface area contributed by atoms with Crippen molar-refractivity contribution >= 4 is 40.6 Å². The van der Waals surface area contributed by atoms with Crippen LogP contribution in [0.1, 0.15) is 12.8 Å². The van der Waals surface area contributed by atoms with Gasteiger partial charge in [-0.2, -0.15) is 11.8 Å². The van der Waals surface area contributed by atoms with Crippen molar-refractivity contribution in [2.45, 2.75) is 18.1 Å². The Labute approximate surface area is 122 Å². The van der Waals surface area contributed by atoms with Gasteiger partial charge in [-0.05, 0) is 30.4 Å². The van der Waals surface area contributed by atoms with Crippen molar-refractivity contribution in [3.05, 3.63) is 23.2 Å². The third-order valence-corrected chi connectivity index (χ3v) is 4.30. The summed E-state index contributed by atoms with van der Waals surface area (Å²) in [6, 6.07) is 5.05. The number of nitrogen functional groups attached to an aromatic ring is 1. The number of nitrogens with one attached hydrogen (secondary N) is 1. The van der Waals surface area contributed by atoms with Crippen LogP contribution in [0.5, 0.6) is 0 Å². The molecule has 104 valence electrons. The zero-order valence-corrected chi connectivity index (χ0v) is 12.1. The van der Waals surface area contributed by atoms with Gasteiger partial charge in [-0.3, -0.25) is 4.79 Å². The molecule has 1 aromatic rings. The number of ether oxygens (including phenoxy) is 1. The third kappa shape index (κ3) is 4.60. The van der Waals surface area contributed by atoms with Gasteiger partial charge in [0, 0.05) is 11.4 Å². The average Bonchev–Trinajstić information content (AvgIpc) is 2.31. The van der Waals surface area contributed by atoms with E-state index in [4.69, 9.17) is 22.1 Å². The second kappa shape index (κ2) is 7.03. The van der Waals surface area contributed by atoms with Gasteiger partial charge in [0.1, 0.15) is 0 Å². The number of halogens is 1. The molecular formula is C13H17ClN2O2S. The smallest absolute Gasteiger partial charge is 0.224 e. The highest BCUT2D eigenvalue weighted by Gasteiger charge is 2.18. The van der Waals surface area contributed by atoms with Gasteiger partial charge < -0.3 is 15.8 Å². The van der Waals surface area contributed by atoms with Gasteiger partial charge >= 0.3 is 0 Å². The first kappa shape index (κ1) is 14.5. The van der Waals surface area contributed by atoms with E-state index in [2.05, 4.69) is 5.32 Å². The van der Waals surface area contributed by atoms with Crippen molar-refractivity contribution in [3.8, 4) is 0 Å². The molecule has 0 radical (unpaired) electrons. The molecule has 0 aliphatic carbocycles. The number of amides is 1. The zero-order chi connectivity index (χ0) is 13.7. The summed E-state index contributed by atoms with van der Waals surface area (Å²) in [5.74, 6) is 0.950. The lowest BCUT2D eigenvalue weighted by Crippen LogP contribution is -2.30. The lowest BCUT2D eigenvalue weighted by Gasteiger charge is -2.25. The summed E-state index contributed by atoms with van der Waals surface area (Å²) in [6.07, 6.45) is 1.35. The van der Waals surface area contributed by atoms with E-state index in [0.717, 1.165) is 25.4 Å². The molecule has 6 heteroatoms. The molecule has 1 saturated heterocycles. The van der Waals surface area contributed by atoms with Gasteiger partial charge in [0.25, 0.3) is 0 Å². The van der Waals surface area contributed by atoms with E-state index in [1.807, 2.05) is 11.8 Å². The van der Waals surface area contributed by atoms with Crippen LogP contribution in [-0.4, -0.2) is 30.1 Å². The zero-order valence-electron chi connectivity index (χ0n) is 10.5. The average molecular weight is 301 g/mol. The molecule has 3 N–H and O–H groups in total. The van der Waals surface area contributed by atoms with Crippen LogP contribution in [0.15, 0.2) is 18.2 Å². The SMILES string of the molecule is Nc1ccc(Cl)cc1NC(=O)CCCSC1COC1. The first-order valence-corrected chi connectivity index (χ1v) is 7.62. The van der Waals surface area contributed by atoms with Gasteiger partial charge in [-0.25, -0.2) is 0 Å². The second-order valence-corrected chi connectivity index (χ2v) is 6.26. The maximum Gasteiger partial charge on any atom is 0.224 e. The summed E-state index contributed by atoms with van der Waals surface area (Å²) in [6.45, 7) is 1.69. The van der Waals surface area contributed by atoms with Crippen LogP contribution in [0.2, 0.25) is 5.02 Å². The Balaban J connectivity index is 1.69. The standard InChI is InChI=1S/C13H17ClN2O2S/c14-9-3-4-11(15)12(6-9)16-13(17)2-1-5-19-10-7-18-8-10/h3-4,6,10H,1-2,5,7-8,15H2,(H,16,17). The number of carbonyl (C=O) groups excluding carboxylic acids is 1.